The number of unbranched alkanes of at least 4 members (excludes halogenated alkanes) is 6. The van der Waals surface area contributed by atoms with Gasteiger partial charge in [0.15, 0.2) is 0 Å². The lowest BCUT2D eigenvalue weighted by atomic mass is 9.89. The van der Waals surface area contributed by atoms with E-state index in [2.05, 4.69) is 51.6 Å². The maximum Gasteiger partial charge on any atom is -0.0260 e. The first-order valence-electron chi connectivity index (χ1n) is 8.73. The van der Waals surface area contributed by atoms with Gasteiger partial charge in [0.05, 0.1) is 0 Å². The molecule has 0 heteroatoms. The third-order valence-corrected chi connectivity index (χ3v) is 4.08. The largest absolute Gasteiger partial charge is 0.0985 e. The summed E-state index contributed by atoms with van der Waals surface area (Å²) >= 11 is 0. The standard InChI is InChI=1S/C21H34/c1-5-19-15-13-16-20(18-19)14-11-9-7-6-8-10-12-17-21(2,3)4/h5,13,15-16,18H,1,6-12,14,17H2,2-4H3. The van der Waals surface area contributed by atoms with Gasteiger partial charge in [-0.1, -0.05) is 96.2 Å². The minimum atomic E-state index is 0.514. The molecule has 0 fully saturated rings. The zero-order valence-corrected chi connectivity index (χ0v) is 14.5. The fourth-order valence-corrected chi connectivity index (χ4v) is 2.74. The molecule has 1 aromatic rings. The molecular formula is C21H34. The fourth-order valence-electron chi connectivity index (χ4n) is 2.74. The van der Waals surface area contributed by atoms with Crippen LogP contribution in [0.2, 0.25) is 0 Å². The van der Waals surface area contributed by atoms with Crippen molar-refractivity contribution in [3.05, 3.63) is 42.0 Å². The van der Waals surface area contributed by atoms with Crippen LogP contribution >= 0.6 is 0 Å². The zero-order chi connectivity index (χ0) is 15.6. The number of benzene rings is 1. The van der Waals surface area contributed by atoms with Gasteiger partial charge in [0.2, 0.25) is 0 Å². The lowest BCUT2D eigenvalue weighted by Crippen LogP contribution is -2.03. The maximum atomic E-state index is 3.83. The second-order valence-electron chi connectivity index (χ2n) is 7.48. The molecule has 0 saturated carbocycles. The van der Waals surface area contributed by atoms with E-state index in [1.54, 1.807) is 0 Å². The van der Waals surface area contributed by atoms with Crippen LogP contribution in [0.4, 0.5) is 0 Å². The van der Waals surface area contributed by atoms with Crippen LogP contribution in [0, 0.1) is 5.41 Å². The normalized spacial score (nSPS) is 11.6. The molecule has 0 radical (unpaired) electrons. The van der Waals surface area contributed by atoms with Crippen LogP contribution in [0.1, 0.15) is 83.3 Å². The van der Waals surface area contributed by atoms with E-state index in [0.29, 0.717) is 5.41 Å². The quantitative estimate of drug-likeness (QED) is 0.405. The molecule has 1 aromatic carbocycles. The Kier molecular flexibility index (Phi) is 8.42. The van der Waals surface area contributed by atoms with Crippen molar-refractivity contribution >= 4 is 6.08 Å². The first-order chi connectivity index (χ1) is 10.0. The molecule has 0 nitrogen and oxygen atoms in total. The Morgan fingerprint density at radius 1 is 0.905 bits per heavy atom. The van der Waals surface area contributed by atoms with Gasteiger partial charge in [-0.2, -0.15) is 0 Å². The second kappa shape index (κ2) is 9.82. The Morgan fingerprint density at radius 3 is 2.14 bits per heavy atom. The van der Waals surface area contributed by atoms with Crippen molar-refractivity contribution < 1.29 is 0 Å². The molecular weight excluding hydrogens is 252 g/mol. The third-order valence-electron chi connectivity index (χ3n) is 4.08. The molecule has 1 rings (SSSR count). The zero-order valence-electron chi connectivity index (χ0n) is 14.5. The highest BCUT2D eigenvalue weighted by atomic mass is 14.1. The summed E-state index contributed by atoms with van der Waals surface area (Å²) in [5.74, 6) is 0. The highest BCUT2D eigenvalue weighted by Crippen LogP contribution is 2.22. The number of hydrogen-bond donors (Lipinski definition) is 0. The van der Waals surface area contributed by atoms with Crippen molar-refractivity contribution in [3.8, 4) is 0 Å². The van der Waals surface area contributed by atoms with Crippen molar-refractivity contribution in [3.63, 3.8) is 0 Å². The first kappa shape index (κ1) is 18.0. The van der Waals surface area contributed by atoms with Gasteiger partial charge in [0, 0.05) is 0 Å². The van der Waals surface area contributed by atoms with E-state index in [0.717, 1.165) is 0 Å². The van der Waals surface area contributed by atoms with Gasteiger partial charge in [-0.25, -0.2) is 0 Å². The van der Waals surface area contributed by atoms with Crippen molar-refractivity contribution in [1.82, 2.24) is 0 Å². The lowest BCUT2D eigenvalue weighted by Gasteiger charge is -2.17. The molecule has 0 aliphatic rings. The Bertz CT molecular complexity index is 395. The summed E-state index contributed by atoms with van der Waals surface area (Å²) in [6.07, 6.45) is 14.3. The highest BCUT2D eigenvalue weighted by molar-refractivity contribution is 5.47. The Balaban J connectivity index is 1.98. The van der Waals surface area contributed by atoms with Crippen LogP contribution in [0.3, 0.4) is 0 Å². The summed E-state index contributed by atoms with van der Waals surface area (Å²) in [6.45, 7) is 10.9. The maximum absolute atomic E-state index is 3.83. The molecule has 0 amide bonds. The second-order valence-corrected chi connectivity index (χ2v) is 7.48. The highest BCUT2D eigenvalue weighted by Gasteiger charge is 2.08. The van der Waals surface area contributed by atoms with Crippen LogP contribution in [-0.4, -0.2) is 0 Å². The molecule has 0 saturated heterocycles. The Labute approximate surface area is 132 Å². The lowest BCUT2D eigenvalue weighted by molar-refractivity contribution is 0.356. The van der Waals surface area contributed by atoms with Gasteiger partial charge >= 0.3 is 0 Å². The van der Waals surface area contributed by atoms with E-state index in [-0.39, 0.29) is 0 Å². The van der Waals surface area contributed by atoms with Crippen LogP contribution in [0.25, 0.3) is 6.08 Å². The molecule has 0 unspecified atom stereocenters. The van der Waals surface area contributed by atoms with Crippen LogP contribution in [0.15, 0.2) is 30.8 Å². The van der Waals surface area contributed by atoms with Crippen molar-refractivity contribution in [1.29, 1.82) is 0 Å². The van der Waals surface area contributed by atoms with E-state index in [1.807, 2.05) is 6.08 Å². The predicted molar refractivity (Wildman–Crippen MR) is 96.6 cm³/mol. The van der Waals surface area contributed by atoms with Crippen LogP contribution < -0.4 is 0 Å². The smallest absolute Gasteiger partial charge is 0.0260 e. The van der Waals surface area contributed by atoms with E-state index >= 15 is 0 Å². The van der Waals surface area contributed by atoms with E-state index < -0.39 is 0 Å². The Hall–Kier alpha value is -1.04. The fraction of sp³-hybridized carbons (Fsp3) is 0.619. The molecule has 21 heavy (non-hydrogen) atoms. The molecule has 0 aliphatic heterocycles. The van der Waals surface area contributed by atoms with E-state index in [1.165, 1.54) is 68.9 Å². The number of hydrogen-bond acceptors (Lipinski definition) is 0. The minimum absolute atomic E-state index is 0.514. The van der Waals surface area contributed by atoms with Crippen molar-refractivity contribution in [2.75, 3.05) is 0 Å². The topological polar surface area (TPSA) is 0 Å². The van der Waals surface area contributed by atoms with E-state index in [9.17, 15) is 0 Å². The summed E-state index contributed by atoms with van der Waals surface area (Å²) in [7, 11) is 0. The molecule has 0 heterocycles. The number of rotatable bonds is 10. The van der Waals surface area contributed by atoms with Gasteiger partial charge < -0.3 is 0 Å². The molecule has 0 atom stereocenters. The summed E-state index contributed by atoms with van der Waals surface area (Å²) in [6, 6.07) is 8.76. The predicted octanol–water partition coefficient (Wildman–Crippen LogP) is 7.04. The summed E-state index contributed by atoms with van der Waals surface area (Å²) in [4.78, 5) is 0. The van der Waals surface area contributed by atoms with Crippen LogP contribution in [0.5, 0.6) is 0 Å². The summed E-state index contributed by atoms with van der Waals surface area (Å²) in [5.41, 5.74) is 3.21. The van der Waals surface area contributed by atoms with Gasteiger partial charge in [-0.15, -0.1) is 0 Å². The van der Waals surface area contributed by atoms with Crippen molar-refractivity contribution in [2.24, 2.45) is 5.41 Å². The number of aryl methyl sites for hydroxylation is 1. The van der Waals surface area contributed by atoms with Crippen molar-refractivity contribution in [2.45, 2.75) is 78.6 Å². The Morgan fingerprint density at radius 2 is 1.52 bits per heavy atom. The molecule has 0 aliphatic carbocycles. The molecule has 0 spiro atoms. The van der Waals surface area contributed by atoms with E-state index in [4.69, 9.17) is 0 Å². The SMILES string of the molecule is C=Cc1cccc(CCCCCCCCCC(C)(C)C)c1. The molecule has 0 bridgehead atoms. The molecule has 118 valence electrons. The van der Waals surface area contributed by atoms with Gasteiger partial charge in [0.25, 0.3) is 0 Å². The third kappa shape index (κ3) is 9.50. The van der Waals surface area contributed by atoms with Gasteiger partial charge in [-0.05, 0) is 35.8 Å². The van der Waals surface area contributed by atoms with Crippen LogP contribution in [-0.2, 0) is 6.42 Å². The summed E-state index contributed by atoms with van der Waals surface area (Å²) < 4.78 is 0. The monoisotopic (exact) mass is 286 g/mol. The molecule has 0 aromatic heterocycles. The average Bonchev–Trinajstić information content (AvgIpc) is 2.44. The average molecular weight is 287 g/mol. The molecule has 0 N–H and O–H groups in total. The summed E-state index contributed by atoms with van der Waals surface area (Å²) in [5, 5.41) is 0. The first-order valence-corrected chi connectivity index (χ1v) is 8.73. The van der Waals surface area contributed by atoms with Gasteiger partial charge in [0.1, 0.15) is 0 Å². The van der Waals surface area contributed by atoms with Gasteiger partial charge in [-0.3, -0.25) is 0 Å². The minimum Gasteiger partial charge on any atom is -0.0985 e.